The van der Waals surface area contributed by atoms with Crippen LogP contribution in [0, 0.1) is 18.3 Å². The molecule has 15 heavy (non-hydrogen) atoms. The van der Waals surface area contributed by atoms with E-state index in [0.29, 0.717) is 5.69 Å². The van der Waals surface area contributed by atoms with E-state index < -0.39 is 0 Å². The first-order valence-corrected chi connectivity index (χ1v) is 4.59. The molecule has 0 aliphatic heterocycles. The third kappa shape index (κ3) is 1.84. The summed E-state index contributed by atoms with van der Waals surface area (Å²) in [5.74, 6) is 0. The first kappa shape index (κ1) is 9.35. The van der Waals surface area contributed by atoms with Crippen LogP contribution in [0.1, 0.15) is 11.4 Å². The highest BCUT2D eigenvalue weighted by atomic mass is 14.7. The molecule has 2 heterocycles. The van der Waals surface area contributed by atoms with Crippen LogP contribution in [0.2, 0.25) is 0 Å². The second kappa shape index (κ2) is 3.89. The van der Waals surface area contributed by atoms with Gasteiger partial charge in [0.05, 0.1) is 0 Å². The van der Waals surface area contributed by atoms with Gasteiger partial charge in [-0.1, -0.05) is 0 Å². The third-order valence-corrected chi connectivity index (χ3v) is 2.12. The maximum Gasteiger partial charge on any atom is 0.148 e. The van der Waals surface area contributed by atoms with Gasteiger partial charge in [0.15, 0.2) is 0 Å². The quantitative estimate of drug-likeness (QED) is 0.701. The number of hydrogen-bond acceptors (Lipinski definition) is 3. The van der Waals surface area contributed by atoms with Gasteiger partial charge in [0.1, 0.15) is 11.8 Å². The van der Waals surface area contributed by atoms with Crippen molar-refractivity contribution in [2.24, 2.45) is 0 Å². The van der Waals surface area contributed by atoms with Crippen LogP contribution in [0.5, 0.6) is 0 Å². The van der Waals surface area contributed by atoms with Gasteiger partial charge in [0, 0.05) is 23.7 Å². The highest BCUT2D eigenvalue weighted by molar-refractivity contribution is 5.68. The van der Waals surface area contributed by atoms with Gasteiger partial charge in [-0.15, -0.1) is 0 Å². The van der Waals surface area contributed by atoms with Crippen molar-refractivity contribution in [2.75, 3.05) is 0 Å². The Morgan fingerprint density at radius 1 is 1.20 bits per heavy atom. The SMILES string of the molecule is Cc1cc(-c2cccnc2C#N)ccn1. The van der Waals surface area contributed by atoms with Crippen molar-refractivity contribution in [1.29, 1.82) is 5.26 Å². The van der Waals surface area contributed by atoms with Gasteiger partial charge < -0.3 is 0 Å². The minimum Gasteiger partial charge on any atom is -0.262 e. The van der Waals surface area contributed by atoms with Crippen LogP contribution in [0.4, 0.5) is 0 Å². The third-order valence-electron chi connectivity index (χ3n) is 2.12. The fourth-order valence-electron chi connectivity index (χ4n) is 1.44. The molecule has 0 fully saturated rings. The maximum atomic E-state index is 8.92. The van der Waals surface area contributed by atoms with E-state index in [1.165, 1.54) is 0 Å². The molecule has 3 nitrogen and oxygen atoms in total. The van der Waals surface area contributed by atoms with Crippen LogP contribution in [0.25, 0.3) is 11.1 Å². The van der Waals surface area contributed by atoms with Crippen molar-refractivity contribution in [3.8, 4) is 17.2 Å². The van der Waals surface area contributed by atoms with Crippen molar-refractivity contribution >= 4 is 0 Å². The lowest BCUT2D eigenvalue weighted by atomic mass is 10.1. The fourth-order valence-corrected chi connectivity index (χ4v) is 1.44. The highest BCUT2D eigenvalue weighted by Gasteiger charge is 2.04. The molecule has 0 bridgehead atoms. The molecule has 72 valence electrons. The Hall–Kier alpha value is -2.21. The van der Waals surface area contributed by atoms with E-state index in [1.807, 2.05) is 31.2 Å². The molecule has 2 rings (SSSR count). The van der Waals surface area contributed by atoms with E-state index in [9.17, 15) is 0 Å². The van der Waals surface area contributed by atoms with E-state index in [0.717, 1.165) is 16.8 Å². The van der Waals surface area contributed by atoms with Gasteiger partial charge in [0.2, 0.25) is 0 Å². The zero-order valence-corrected chi connectivity index (χ0v) is 8.31. The number of hydrogen-bond donors (Lipinski definition) is 0. The standard InChI is InChI=1S/C12H9N3/c1-9-7-10(4-6-14-9)11-3-2-5-15-12(11)8-13/h2-7H,1H3. The lowest BCUT2D eigenvalue weighted by Crippen LogP contribution is -1.89. The summed E-state index contributed by atoms with van der Waals surface area (Å²) in [6.07, 6.45) is 3.36. The summed E-state index contributed by atoms with van der Waals surface area (Å²) in [4.78, 5) is 8.14. The molecule has 0 spiro atoms. The van der Waals surface area contributed by atoms with Gasteiger partial charge in [-0.05, 0) is 36.8 Å². The maximum absolute atomic E-state index is 8.92. The second-order valence-electron chi connectivity index (χ2n) is 3.20. The molecule has 0 amide bonds. The van der Waals surface area contributed by atoms with Gasteiger partial charge in [-0.2, -0.15) is 5.26 Å². The first-order valence-electron chi connectivity index (χ1n) is 4.59. The zero-order valence-electron chi connectivity index (χ0n) is 8.31. The molecule has 2 aromatic heterocycles. The Bertz CT molecular complexity index is 526. The predicted molar refractivity (Wildman–Crippen MR) is 56.9 cm³/mol. The number of aromatic nitrogens is 2. The van der Waals surface area contributed by atoms with Gasteiger partial charge >= 0.3 is 0 Å². The summed E-state index contributed by atoms with van der Waals surface area (Å²) in [7, 11) is 0. The molecule has 0 aromatic carbocycles. The zero-order chi connectivity index (χ0) is 10.7. The topological polar surface area (TPSA) is 49.6 Å². The molecule has 0 saturated heterocycles. The van der Waals surface area contributed by atoms with E-state index in [2.05, 4.69) is 16.0 Å². The van der Waals surface area contributed by atoms with Gasteiger partial charge in [0.25, 0.3) is 0 Å². The summed E-state index contributed by atoms with van der Waals surface area (Å²) in [6.45, 7) is 1.92. The largest absolute Gasteiger partial charge is 0.262 e. The lowest BCUT2D eigenvalue weighted by molar-refractivity contribution is 1.20. The summed E-state index contributed by atoms with van der Waals surface area (Å²) >= 11 is 0. The Labute approximate surface area is 88.1 Å². The van der Waals surface area contributed by atoms with Crippen LogP contribution in [0.3, 0.4) is 0 Å². The van der Waals surface area contributed by atoms with Crippen LogP contribution < -0.4 is 0 Å². The summed E-state index contributed by atoms with van der Waals surface area (Å²) < 4.78 is 0. The highest BCUT2D eigenvalue weighted by Crippen LogP contribution is 2.21. The second-order valence-corrected chi connectivity index (χ2v) is 3.20. The van der Waals surface area contributed by atoms with Gasteiger partial charge in [-0.25, -0.2) is 4.98 Å². The average molecular weight is 195 g/mol. The normalized spacial score (nSPS) is 9.60. The fraction of sp³-hybridized carbons (Fsp3) is 0.0833. The summed E-state index contributed by atoms with van der Waals surface area (Å²) in [6, 6.07) is 9.62. The van der Waals surface area contributed by atoms with Crippen LogP contribution in [-0.2, 0) is 0 Å². The monoisotopic (exact) mass is 195 g/mol. The van der Waals surface area contributed by atoms with Crippen molar-refractivity contribution < 1.29 is 0 Å². The van der Waals surface area contributed by atoms with Crippen LogP contribution in [0.15, 0.2) is 36.7 Å². The van der Waals surface area contributed by atoms with Crippen molar-refractivity contribution in [3.05, 3.63) is 48.0 Å². The smallest absolute Gasteiger partial charge is 0.148 e. The molecule has 0 unspecified atom stereocenters. The van der Waals surface area contributed by atoms with Crippen molar-refractivity contribution in [2.45, 2.75) is 6.92 Å². The molecule has 0 aliphatic rings. The number of rotatable bonds is 1. The Morgan fingerprint density at radius 2 is 2.07 bits per heavy atom. The molecular formula is C12H9N3. The molecule has 0 N–H and O–H groups in total. The van der Waals surface area contributed by atoms with E-state index in [4.69, 9.17) is 5.26 Å². The van der Waals surface area contributed by atoms with E-state index in [-0.39, 0.29) is 0 Å². The lowest BCUT2D eigenvalue weighted by Gasteiger charge is -2.03. The Kier molecular flexibility index (Phi) is 2.42. The minimum atomic E-state index is 0.447. The molecule has 0 saturated carbocycles. The molecule has 0 atom stereocenters. The Balaban J connectivity index is 2.60. The predicted octanol–water partition coefficient (Wildman–Crippen LogP) is 2.32. The first-order chi connectivity index (χ1) is 7.31. The summed E-state index contributed by atoms with van der Waals surface area (Å²) in [5, 5.41) is 8.92. The number of nitrogens with zero attached hydrogens (tertiary/aromatic N) is 3. The molecule has 0 aliphatic carbocycles. The average Bonchev–Trinajstić information content (AvgIpc) is 2.29. The minimum absolute atomic E-state index is 0.447. The van der Waals surface area contributed by atoms with E-state index >= 15 is 0 Å². The molecule has 2 aromatic rings. The molecule has 0 radical (unpaired) electrons. The van der Waals surface area contributed by atoms with Crippen molar-refractivity contribution in [1.82, 2.24) is 9.97 Å². The van der Waals surface area contributed by atoms with Crippen LogP contribution in [-0.4, -0.2) is 9.97 Å². The molecular weight excluding hydrogens is 186 g/mol. The Morgan fingerprint density at radius 3 is 2.80 bits per heavy atom. The number of aryl methyl sites for hydroxylation is 1. The summed E-state index contributed by atoms with van der Waals surface area (Å²) in [5.41, 5.74) is 3.21. The number of pyridine rings is 2. The van der Waals surface area contributed by atoms with Crippen LogP contribution >= 0.6 is 0 Å². The van der Waals surface area contributed by atoms with Gasteiger partial charge in [-0.3, -0.25) is 4.98 Å². The van der Waals surface area contributed by atoms with E-state index in [1.54, 1.807) is 12.4 Å². The van der Waals surface area contributed by atoms with Crippen molar-refractivity contribution in [3.63, 3.8) is 0 Å². The molecule has 3 heteroatoms. The number of nitriles is 1.